The highest BCUT2D eigenvalue weighted by Gasteiger charge is 2.40. The molecule has 0 aliphatic carbocycles. The van der Waals surface area contributed by atoms with E-state index in [9.17, 15) is 19.2 Å². The number of ketones is 1. The fourth-order valence-corrected chi connectivity index (χ4v) is 1.11. The Balaban J connectivity index is 2.88. The average molecular weight is 198 g/mol. The van der Waals surface area contributed by atoms with Gasteiger partial charge in [0.1, 0.15) is 0 Å². The van der Waals surface area contributed by atoms with Crippen LogP contribution >= 0.6 is 0 Å². The van der Waals surface area contributed by atoms with Gasteiger partial charge in [-0.1, -0.05) is 13.8 Å². The van der Waals surface area contributed by atoms with Crippen LogP contribution in [0.15, 0.2) is 0 Å². The number of barbiturate groups is 1. The zero-order chi connectivity index (χ0) is 10.9. The van der Waals surface area contributed by atoms with Crippen molar-refractivity contribution in [1.29, 1.82) is 0 Å². The summed E-state index contributed by atoms with van der Waals surface area (Å²) in [5.74, 6) is -4.01. The van der Waals surface area contributed by atoms with Crippen LogP contribution in [0.5, 0.6) is 0 Å². The van der Waals surface area contributed by atoms with Crippen LogP contribution in [0.4, 0.5) is 4.79 Å². The predicted molar refractivity (Wildman–Crippen MR) is 45.0 cm³/mol. The number of Topliss-reactive ketones (excluding diaryl/α,β-unsaturated/α-hetero) is 1. The van der Waals surface area contributed by atoms with E-state index >= 15 is 0 Å². The SMILES string of the molecule is CC(C)C(=O)C1C(=O)NC(=O)NC1=O. The van der Waals surface area contributed by atoms with Gasteiger partial charge in [-0.15, -0.1) is 0 Å². The molecule has 0 saturated carbocycles. The van der Waals surface area contributed by atoms with Crippen LogP contribution in [0, 0.1) is 11.8 Å². The first-order valence-electron chi connectivity index (χ1n) is 4.13. The molecule has 0 atom stereocenters. The zero-order valence-electron chi connectivity index (χ0n) is 7.79. The van der Waals surface area contributed by atoms with E-state index in [4.69, 9.17) is 0 Å². The van der Waals surface area contributed by atoms with Crippen molar-refractivity contribution in [3.8, 4) is 0 Å². The summed E-state index contributed by atoms with van der Waals surface area (Å²) in [6.07, 6.45) is 0. The number of carbonyl (C=O) groups is 4. The molecule has 6 nitrogen and oxygen atoms in total. The van der Waals surface area contributed by atoms with E-state index in [-0.39, 0.29) is 0 Å². The van der Waals surface area contributed by atoms with Crippen LogP contribution in [-0.4, -0.2) is 23.6 Å². The van der Waals surface area contributed by atoms with Crippen molar-refractivity contribution >= 4 is 23.6 Å². The van der Waals surface area contributed by atoms with Crippen molar-refractivity contribution in [2.75, 3.05) is 0 Å². The molecule has 1 aliphatic heterocycles. The first-order valence-corrected chi connectivity index (χ1v) is 4.13. The molecule has 1 heterocycles. The molecule has 4 amide bonds. The minimum absolute atomic E-state index is 0.426. The second kappa shape index (κ2) is 3.57. The number of rotatable bonds is 2. The Hall–Kier alpha value is -1.72. The molecule has 1 saturated heterocycles. The molecule has 0 radical (unpaired) electrons. The monoisotopic (exact) mass is 198 g/mol. The lowest BCUT2D eigenvalue weighted by Crippen LogP contribution is -2.58. The minimum Gasteiger partial charge on any atom is -0.298 e. The number of hydrogen-bond donors (Lipinski definition) is 2. The number of imide groups is 2. The van der Waals surface area contributed by atoms with Gasteiger partial charge >= 0.3 is 6.03 Å². The summed E-state index contributed by atoms with van der Waals surface area (Å²) in [6, 6.07) is -0.882. The maximum absolute atomic E-state index is 11.4. The lowest BCUT2D eigenvalue weighted by molar-refractivity contribution is -0.143. The number of amides is 4. The molecule has 1 aliphatic rings. The lowest BCUT2D eigenvalue weighted by Gasteiger charge is -2.20. The third kappa shape index (κ3) is 1.78. The molecule has 2 N–H and O–H groups in total. The third-order valence-electron chi connectivity index (χ3n) is 1.85. The van der Waals surface area contributed by atoms with E-state index in [0.717, 1.165) is 0 Å². The summed E-state index contributed by atoms with van der Waals surface area (Å²) in [6.45, 7) is 3.17. The van der Waals surface area contributed by atoms with Crippen molar-refractivity contribution in [3.05, 3.63) is 0 Å². The Morgan fingerprint density at radius 2 is 1.57 bits per heavy atom. The highest BCUT2D eigenvalue weighted by molar-refractivity contribution is 6.26. The van der Waals surface area contributed by atoms with Gasteiger partial charge in [0.2, 0.25) is 11.8 Å². The molecule has 14 heavy (non-hydrogen) atoms. The van der Waals surface area contributed by atoms with Crippen molar-refractivity contribution in [2.24, 2.45) is 11.8 Å². The smallest absolute Gasteiger partial charge is 0.298 e. The maximum atomic E-state index is 11.4. The van der Waals surface area contributed by atoms with Gasteiger partial charge in [-0.2, -0.15) is 0 Å². The molecule has 76 valence electrons. The topological polar surface area (TPSA) is 92.3 Å². The summed E-state index contributed by atoms with van der Waals surface area (Å²) < 4.78 is 0. The molecule has 0 bridgehead atoms. The first-order chi connectivity index (χ1) is 6.43. The Kier molecular flexibility index (Phi) is 2.64. The summed E-state index contributed by atoms with van der Waals surface area (Å²) >= 11 is 0. The van der Waals surface area contributed by atoms with Gasteiger partial charge in [-0.05, 0) is 0 Å². The van der Waals surface area contributed by atoms with Crippen molar-refractivity contribution in [2.45, 2.75) is 13.8 Å². The highest BCUT2D eigenvalue weighted by Crippen LogP contribution is 2.10. The number of nitrogens with one attached hydrogen (secondary N) is 2. The summed E-state index contributed by atoms with van der Waals surface area (Å²) in [5.41, 5.74) is 0. The molecule has 0 spiro atoms. The molecular weight excluding hydrogens is 188 g/mol. The molecule has 6 heteroatoms. The second-order valence-corrected chi connectivity index (χ2v) is 3.30. The van der Waals surface area contributed by atoms with E-state index in [1.807, 2.05) is 10.6 Å². The Labute approximate surface area is 80.0 Å². The molecular formula is C8H10N2O4. The van der Waals surface area contributed by atoms with Gasteiger partial charge in [0.05, 0.1) is 0 Å². The number of urea groups is 1. The van der Waals surface area contributed by atoms with Gasteiger partial charge in [0.25, 0.3) is 0 Å². The third-order valence-corrected chi connectivity index (χ3v) is 1.85. The van der Waals surface area contributed by atoms with Crippen LogP contribution in [0.25, 0.3) is 0 Å². The van der Waals surface area contributed by atoms with Gasteiger partial charge in [-0.3, -0.25) is 25.0 Å². The van der Waals surface area contributed by atoms with Crippen LogP contribution in [0.2, 0.25) is 0 Å². The van der Waals surface area contributed by atoms with Crippen LogP contribution in [0.3, 0.4) is 0 Å². The Morgan fingerprint density at radius 1 is 1.14 bits per heavy atom. The summed E-state index contributed by atoms with van der Waals surface area (Å²) in [7, 11) is 0. The normalized spacial score (nSPS) is 18.1. The largest absolute Gasteiger partial charge is 0.328 e. The molecule has 0 unspecified atom stereocenters. The fourth-order valence-electron chi connectivity index (χ4n) is 1.11. The standard InChI is InChI=1S/C8H10N2O4/c1-3(2)5(11)4-6(12)9-8(14)10-7(4)13/h3-4H,1-2H3,(H2,9,10,12,13,14). The van der Waals surface area contributed by atoms with Crippen molar-refractivity contribution < 1.29 is 19.2 Å². The van der Waals surface area contributed by atoms with Gasteiger partial charge in [0, 0.05) is 5.92 Å². The molecule has 1 fully saturated rings. The summed E-state index contributed by atoms with van der Waals surface area (Å²) in [4.78, 5) is 44.3. The van der Waals surface area contributed by atoms with Gasteiger partial charge in [-0.25, -0.2) is 4.79 Å². The van der Waals surface area contributed by atoms with Crippen LogP contribution < -0.4 is 10.6 Å². The minimum atomic E-state index is -1.40. The van der Waals surface area contributed by atoms with E-state index < -0.39 is 35.5 Å². The second-order valence-electron chi connectivity index (χ2n) is 3.30. The summed E-state index contributed by atoms with van der Waals surface area (Å²) in [5, 5.41) is 3.73. The van der Waals surface area contributed by atoms with Crippen LogP contribution in [0.1, 0.15) is 13.8 Å². The van der Waals surface area contributed by atoms with E-state index in [0.29, 0.717) is 0 Å². The quantitative estimate of drug-likeness (QED) is 0.568. The molecule has 0 aromatic carbocycles. The fraction of sp³-hybridized carbons (Fsp3) is 0.500. The van der Waals surface area contributed by atoms with Gasteiger partial charge in [0.15, 0.2) is 11.7 Å². The van der Waals surface area contributed by atoms with E-state index in [1.54, 1.807) is 13.8 Å². The number of hydrogen-bond acceptors (Lipinski definition) is 4. The number of carbonyl (C=O) groups excluding carboxylic acids is 4. The van der Waals surface area contributed by atoms with Crippen molar-refractivity contribution in [1.82, 2.24) is 10.6 Å². The van der Waals surface area contributed by atoms with Crippen molar-refractivity contribution in [3.63, 3.8) is 0 Å². The van der Waals surface area contributed by atoms with Crippen LogP contribution in [-0.2, 0) is 14.4 Å². The first kappa shape index (κ1) is 10.4. The highest BCUT2D eigenvalue weighted by atomic mass is 16.2. The average Bonchev–Trinajstić information content (AvgIpc) is 2.01. The predicted octanol–water partition coefficient (Wildman–Crippen LogP) is -0.806. The van der Waals surface area contributed by atoms with E-state index in [1.165, 1.54) is 0 Å². The molecule has 1 rings (SSSR count). The Morgan fingerprint density at radius 3 is 1.93 bits per heavy atom. The molecule has 0 aromatic heterocycles. The molecule has 0 aromatic rings. The van der Waals surface area contributed by atoms with E-state index in [2.05, 4.69) is 0 Å². The zero-order valence-corrected chi connectivity index (χ0v) is 7.79. The lowest BCUT2D eigenvalue weighted by atomic mass is 9.93. The maximum Gasteiger partial charge on any atom is 0.328 e. The Bertz CT molecular complexity index is 301. The van der Waals surface area contributed by atoms with Gasteiger partial charge < -0.3 is 0 Å².